The maximum absolute atomic E-state index is 13.8. The molecule has 2 aliphatic rings. The summed E-state index contributed by atoms with van der Waals surface area (Å²) in [5.74, 6) is 2.52. The average Bonchev–Trinajstić information content (AvgIpc) is 2.99. The number of aliphatic imine (C=N–C) groups is 1. The molecule has 1 aliphatic heterocycles. The molecular weight excluding hydrogens is 420 g/mol. The Labute approximate surface area is 160 Å². The summed E-state index contributed by atoms with van der Waals surface area (Å²) >= 11 is 0. The smallest absolute Gasteiger partial charge is 0.193 e. The molecular formula is C18H27FIN3O. The van der Waals surface area contributed by atoms with Gasteiger partial charge < -0.3 is 15.0 Å². The lowest BCUT2D eigenvalue weighted by Gasteiger charge is -2.22. The van der Waals surface area contributed by atoms with Crippen molar-refractivity contribution in [1.82, 2.24) is 10.2 Å². The number of rotatable bonds is 3. The number of nitrogens with zero attached hydrogens (tertiary/aromatic N) is 2. The topological polar surface area (TPSA) is 36.9 Å². The minimum atomic E-state index is -0.325. The van der Waals surface area contributed by atoms with E-state index in [-0.39, 0.29) is 35.5 Å². The van der Waals surface area contributed by atoms with Crippen LogP contribution >= 0.6 is 24.0 Å². The van der Waals surface area contributed by atoms with Crippen LogP contribution < -0.4 is 10.1 Å². The maximum Gasteiger partial charge on any atom is 0.193 e. The van der Waals surface area contributed by atoms with E-state index in [9.17, 15) is 4.39 Å². The Morgan fingerprint density at radius 1 is 1.29 bits per heavy atom. The number of benzene rings is 1. The Morgan fingerprint density at radius 3 is 2.50 bits per heavy atom. The number of nitrogens with one attached hydrogen (secondary N) is 1. The largest absolute Gasteiger partial charge is 0.494 e. The minimum absolute atomic E-state index is 0. The van der Waals surface area contributed by atoms with Crippen molar-refractivity contribution >= 4 is 29.9 Å². The van der Waals surface area contributed by atoms with Crippen molar-refractivity contribution in [2.75, 3.05) is 27.2 Å². The highest BCUT2D eigenvalue weighted by molar-refractivity contribution is 14.0. The molecule has 0 radical (unpaired) electrons. The highest BCUT2D eigenvalue weighted by Crippen LogP contribution is 2.35. The van der Waals surface area contributed by atoms with Gasteiger partial charge in [-0.25, -0.2) is 4.39 Å². The molecule has 3 rings (SSSR count). The van der Waals surface area contributed by atoms with Crippen LogP contribution in [0.15, 0.2) is 23.2 Å². The quantitative estimate of drug-likeness (QED) is 0.437. The summed E-state index contributed by atoms with van der Waals surface area (Å²) in [6.07, 6.45) is 5.43. The van der Waals surface area contributed by atoms with Crippen molar-refractivity contribution in [2.24, 2.45) is 16.8 Å². The van der Waals surface area contributed by atoms with Gasteiger partial charge in [-0.15, -0.1) is 24.0 Å². The highest BCUT2D eigenvalue weighted by atomic mass is 127. The van der Waals surface area contributed by atoms with Crippen molar-refractivity contribution in [2.45, 2.75) is 32.2 Å². The fourth-order valence-electron chi connectivity index (χ4n) is 3.91. The second kappa shape index (κ2) is 8.87. The summed E-state index contributed by atoms with van der Waals surface area (Å²) in [5, 5.41) is 3.37. The summed E-state index contributed by atoms with van der Waals surface area (Å²) in [6, 6.07) is 5.06. The van der Waals surface area contributed by atoms with Crippen molar-refractivity contribution < 1.29 is 9.13 Å². The van der Waals surface area contributed by atoms with Crippen LogP contribution in [0.3, 0.4) is 0 Å². The molecule has 2 fully saturated rings. The van der Waals surface area contributed by atoms with E-state index in [1.807, 2.05) is 13.1 Å². The second-order valence-corrected chi connectivity index (χ2v) is 6.58. The SMILES string of the molecule is CN=C(NCc1ccc(OC)c(F)c1)N1CC2CCCCC2C1.I. The van der Waals surface area contributed by atoms with Crippen LogP contribution in [0.5, 0.6) is 5.75 Å². The molecule has 24 heavy (non-hydrogen) atoms. The number of fused-ring (bicyclic) bond motifs is 1. The monoisotopic (exact) mass is 447 g/mol. The van der Waals surface area contributed by atoms with Crippen LogP contribution in [0.4, 0.5) is 4.39 Å². The number of methoxy groups -OCH3 is 1. The molecule has 1 aromatic carbocycles. The van der Waals surface area contributed by atoms with Gasteiger partial charge in [0.15, 0.2) is 17.5 Å². The molecule has 1 N–H and O–H groups in total. The maximum atomic E-state index is 13.8. The number of hydrogen-bond acceptors (Lipinski definition) is 2. The normalized spacial score (nSPS) is 23.5. The first-order valence-electron chi connectivity index (χ1n) is 8.49. The lowest BCUT2D eigenvalue weighted by Crippen LogP contribution is -2.39. The van der Waals surface area contributed by atoms with Crippen molar-refractivity contribution in [3.63, 3.8) is 0 Å². The van der Waals surface area contributed by atoms with Gasteiger partial charge in [0, 0.05) is 26.7 Å². The third kappa shape index (κ3) is 4.32. The van der Waals surface area contributed by atoms with Gasteiger partial charge in [0.05, 0.1) is 7.11 Å². The molecule has 1 aromatic rings. The van der Waals surface area contributed by atoms with Gasteiger partial charge in [0.2, 0.25) is 0 Å². The van der Waals surface area contributed by atoms with Crippen LogP contribution in [0, 0.1) is 17.7 Å². The van der Waals surface area contributed by atoms with E-state index in [0.29, 0.717) is 6.54 Å². The van der Waals surface area contributed by atoms with E-state index >= 15 is 0 Å². The Kier molecular flexibility index (Phi) is 7.13. The fraction of sp³-hybridized carbons (Fsp3) is 0.611. The molecule has 1 aliphatic carbocycles. The lowest BCUT2D eigenvalue weighted by atomic mass is 9.82. The van der Waals surface area contributed by atoms with Crippen molar-refractivity contribution in [1.29, 1.82) is 0 Å². The Bertz CT molecular complexity index is 567. The Balaban J connectivity index is 0.00000208. The van der Waals surface area contributed by atoms with Gasteiger partial charge in [-0.1, -0.05) is 18.9 Å². The molecule has 1 heterocycles. The predicted molar refractivity (Wildman–Crippen MR) is 106 cm³/mol. The minimum Gasteiger partial charge on any atom is -0.494 e. The van der Waals surface area contributed by atoms with E-state index in [1.165, 1.54) is 38.9 Å². The molecule has 134 valence electrons. The molecule has 4 nitrogen and oxygen atoms in total. The molecule has 0 aromatic heterocycles. The van der Waals surface area contributed by atoms with Gasteiger partial charge in [-0.3, -0.25) is 4.99 Å². The molecule has 1 saturated carbocycles. The third-order valence-corrected chi connectivity index (χ3v) is 5.15. The summed E-state index contributed by atoms with van der Waals surface area (Å²) in [7, 11) is 3.30. The van der Waals surface area contributed by atoms with Crippen LogP contribution in [0.2, 0.25) is 0 Å². The zero-order valence-corrected chi connectivity index (χ0v) is 16.8. The van der Waals surface area contributed by atoms with Gasteiger partial charge in [-0.2, -0.15) is 0 Å². The van der Waals surface area contributed by atoms with E-state index in [0.717, 1.165) is 36.4 Å². The Hall–Kier alpha value is -1.05. The highest BCUT2D eigenvalue weighted by Gasteiger charge is 2.35. The lowest BCUT2D eigenvalue weighted by molar-refractivity contribution is 0.299. The van der Waals surface area contributed by atoms with Crippen LogP contribution in [0.25, 0.3) is 0 Å². The molecule has 2 unspecified atom stereocenters. The van der Waals surface area contributed by atoms with Gasteiger partial charge in [0.1, 0.15) is 0 Å². The zero-order valence-electron chi connectivity index (χ0n) is 14.4. The van der Waals surface area contributed by atoms with E-state index in [4.69, 9.17) is 4.74 Å². The molecule has 1 saturated heterocycles. The van der Waals surface area contributed by atoms with Gasteiger partial charge >= 0.3 is 0 Å². The van der Waals surface area contributed by atoms with E-state index in [1.54, 1.807) is 6.07 Å². The van der Waals surface area contributed by atoms with Crippen LogP contribution in [-0.4, -0.2) is 38.1 Å². The molecule has 2 atom stereocenters. The number of ether oxygens (including phenoxy) is 1. The Morgan fingerprint density at radius 2 is 1.96 bits per heavy atom. The first kappa shape index (κ1) is 19.3. The number of likely N-dealkylation sites (tertiary alicyclic amines) is 1. The predicted octanol–water partition coefficient (Wildman–Crippen LogP) is 3.65. The number of hydrogen-bond donors (Lipinski definition) is 1. The molecule has 0 bridgehead atoms. The van der Waals surface area contributed by atoms with E-state index in [2.05, 4.69) is 15.2 Å². The molecule has 6 heteroatoms. The zero-order chi connectivity index (χ0) is 16.2. The van der Waals surface area contributed by atoms with Gasteiger partial charge in [0.25, 0.3) is 0 Å². The number of guanidine groups is 1. The van der Waals surface area contributed by atoms with Crippen LogP contribution in [0.1, 0.15) is 31.2 Å². The standard InChI is InChI=1S/C18H26FN3O.HI/c1-20-18(22-11-14-5-3-4-6-15(14)12-22)21-10-13-7-8-17(23-2)16(19)9-13;/h7-9,14-15H,3-6,10-12H2,1-2H3,(H,20,21);1H. The summed E-state index contributed by atoms with van der Waals surface area (Å²) in [6.45, 7) is 2.77. The molecule has 0 spiro atoms. The first-order valence-corrected chi connectivity index (χ1v) is 8.49. The van der Waals surface area contributed by atoms with Crippen molar-refractivity contribution in [3.05, 3.63) is 29.6 Å². The summed E-state index contributed by atoms with van der Waals surface area (Å²) in [5.41, 5.74) is 0.890. The van der Waals surface area contributed by atoms with E-state index < -0.39 is 0 Å². The van der Waals surface area contributed by atoms with Gasteiger partial charge in [-0.05, 0) is 42.4 Å². The third-order valence-electron chi connectivity index (χ3n) is 5.15. The van der Waals surface area contributed by atoms with Crippen molar-refractivity contribution in [3.8, 4) is 5.75 Å². The van der Waals surface area contributed by atoms with Crippen LogP contribution in [-0.2, 0) is 6.54 Å². The fourth-order valence-corrected chi connectivity index (χ4v) is 3.91. The second-order valence-electron chi connectivity index (χ2n) is 6.58. The number of halogens is 2. The first-order chi connectivity index (χ1) is 11.2. The molecule has 0 amide bonds. The average molecular weight is 447 g/mol. The summed E-state index contributed by atoms with van der Waals surface area (Å²) < 4.78 is 18.7. The summed E-state index contributed by atoms with van der Waals surface area (Å²) in [4.78, 5) is 6.77.